The number of hydrogen-bond donors (Lipinski definition) is 0. The van der Waals surface area contributed by atoms with E-state index in [1.165, 1.54) is 12.8 Å². The number of aromatic nitrogens is 3. The highest BCUT2D eigenvalue weighted by Crippen LogP contribution is 2.21. The molecule has 0 bridgehead atoms. The quantitative estimate of drug-likeness (QED) is 0.804. The monoisotopic (exact) mass is 280 g/mol. The van der Waals surface area contributed by atoms with Crippen molar-refractivity contribution in [3.8, 4) is 0 Å². The van der Waals surface area contributed by atoms with Gasteiger partial charge in [-0.05, 0) is 47.8 Å². The standard InChI is InChI=1S/C11H13BrN4/c1-8-9(12)4-5-10-13-11(14-16(8)10)15-6-2-3-7-15/h4-5H,2-3,6-7H2,1H3. The van der Waals surface area contributed by atoms with E-state index in [-0.39, 0.29) is 0 Å². The Kier molecular flexibility index (Phi) is 2.35. The Morgan fingerprint density at radius 3 is 2.75 bits per heavy atom. The molecule has 84 valence electrons. The molecule has 1 aliphatic rings. The van der Waals surface area contributed by atoms with Crippen molar-refractivity contribution in [3.05, 3.63) is 22.3 Å². The molecule has 0 N–H and O–H groups in total. The van der Waals surface area contributed by atoms with E-state index in [2.05, 4.69) is 30.9 Å². The summed E-state index contributed by atoms with van der Waals surface area (Å²) in [5, 5.41) is 4.56. The summed E-state index contributed by atoms with van der Waals surface area (Å²) >= 11 is 3.51. The van der Waals surface area contributed by atoms with Gasteiger partial charge in [0.2, 0.25) is 5.95 Å². The zero-order valence-corrected chi connectivity index (χ0v) is 10.7. The minimum atomic E-state index is 0.860. The number of anilines is 1. The van der Waals surface area contributed by atoms with E-state index < -0.39 is 0 Å². The van der Waals surface area contributed by atoms with Crippen molar-refractivity contribution >= 4 is 27.5 Å². The third-order valence-corrected chi connectivity index (χ3v) is 3.89. The van der Waals surface area contributed by atoms with E-state index in [1.807, 2.05) is 23.6 Å². The van der Waals surface area contributed by atoms with E-state index in [0.29, 0.717) is 0 Å². The predicted octanol–water partition coefficient (Wildman–Crippen LogP) is 2.40. The van der Waals surface area contributed by atoms with Gasteiger partial charge in [-0.15, -0.1) is 5.10 Å². The molecule has 16 heavy (non-hydrogen) atoms. The molecule has 0 amide bonds. The number of rotatable bonds is 1. The third kappa shape index (κ3) is 1.50. The van der Waals surface area contributed by atoms with Crippen LogP contribution in [0.4, 0.5) is 5.95 Å². The first kappa shape index (κ1) is 10.1. The van der Waals surface area contributed by atoms with Crippen LogP contribution in [-0.2, 0) is 0 Å². The van der Waals surface area contributed by atoms with Crippen LogP contribution in [0.5, 0.6) is 0 Å². The highest BCUT2D eigenvalue weighted by molar-refractivity contribution is 9.10. The van der Waals surface area contributed by atoms with Crippen molar-refractivity contribution in [2.45, 2.75) is 19.8 Å². The lowest BCUT2D eigenvalue weighted by atomic mass is 10.4. The molecular weight excluding hydrogens is 268 g/mol. The van der Waals surface area contributed by atoms with Gasteiger partial charge in [0, 0.05) is 17.6 Å². The smallest absolute Gasteiger partial charge is 0.245 e. The average Bonchev–Trinajstić information content (AvgIpc) is 2.91. The Morgan fingerprint density at radius 1 is 1.25 bits per heavy atom. The fourth-order valence-electron chi connectivity index (χ4n) is 2.09. The lowest BCUT2D eigenvalue weighted by molar-refractivity contribution is 0.856. The first-order chi connectivity index (χ1) is 7.75. The molecule has 0 radical (unpaired) electrons. The van der Waals surface area contributed by atoms with Crippen LogP contribution in [0.1, 0.15) is 18.5 Å². The van der Waals surface area contributed by atoms with Gasteiger partial charge in [-0.1, -0.05) is 0 Å². The molecule has 1 saturated heterocycles. The zero-order valence-electron chi connectivity index (χ0n) is 9.15. The summed E-state index contributed by atoms with van der Waals surface area (Å²) in [5.74, 6) is 0.860. The molecule has 3 heterocycles. The number of halogens is 1. The molecule has 0 aromatic carbocycles. The Balaban J connectivity index is 2.11. The molecule has 0 aliphatic carbocycles. The molecule has 1 fully saturated rings. The van der Waals surface area contributed by atoms with Gasteiger partial charge >= 0.3 is 0 Å². The highest BCUT2D eigenvalue weighted by atomic mass is 79.9. The van der Waals surface area contributed by atoms with Crippen LogP contribution in [0.25, 0.3) is 5.65 Å². The summed E-state index contributed by atoms with van der Waals surface area (Å²) in [6.07, 6.45) is 2.50. The number of hydrogen-bond acceptors (Lipinski definition) is 3. The van der Waals surface area contributed by atoms with E-state index in [9.17, 15) is 0 Å². The maximum absolute atomic E-state index is 4.56. The minimum absolute atomic E-state index is 0.860. The second-order valence-electron chi connectivity index (χ2n) is 4.14. The van der Waals surface area contributed by atoms with Crippen molar-refractivity contribution in [3.63, 3.8) is 0 Å². The van der Waals surface area contributed by atoms with Gasteiger partial charge in [-0.25, -0.2) is 4.52 Å². The van der Waals surface area contributed by atoms with E-state index in [0.717, 1.165) is 34.9 Å². The largest absolute Gasteiger partial charge is 0.340 e. The lowest BCUT2D eigenvalue weighted by Crippen LogP contribution is -2.19. The van der Waals surface area contributed by atoms with Crippen molar-refractivity contribution in [2.75, 3.05) is 18.0 Å². The van der Waals surface area contributed by atoms with E-state index in [4.69, 9.17) is 0 Å². The van der Waals surface area contributed by atoms with Crippen molar-refractivity contribution < 1.29 is 0 Å². The fourth-order valence-corrected chi connectivity index (χ4v) is 2.39. The molecule has 1 aliphatic heterocycles. The number of fused-ring (bicyclic) bond motifs is 1. The first-order valence-corrected chi connectivity index (χ1v) is 6.32. The summed E-state index contributed by atoms with van der Waals surface area (Å²) in [4.78, 5) is 6.80. The summed E-state index contributed by atoms with van der Waals surface area (Å²) < 4.78 is 2.97. The van der Waals surface area contributed by atoms with Gasteiger partial charge in [-0.3, -0.25) is 0 Å². The van der Waals surface area contributed by atoms with Gasteiger partial charge in [0.15, 0.2) is 5.65 Å². The minimum Gasteiger partial charge on any atom is -0.340 e. The average molecular weight is 281 g/mol. The van der Waals surface area contributed by atoms with Crippen molar-refractivity contribution in [2.24, 2.45) is 0 Å². The second kappa shape index (κ2) is 3.73. The van der Waals surface area contributed by atoms with Crippen LogP contribution < -0.4 is 4.90 Å². The van der Waals surface area contributed by atoms with Gasteiger partial charge in [0.25, 0.3) is 0 Å². The third-order valence-electron chi connectivity index (χ3n) is 3.05. The second-order valence-corrected chi connectivity index (χ2v) is 5.00. The zero-order chi connectivity index (χ0) is 11.1. The van der Waals surface area contributed by atoms with Crippen LogP contribution in [0.3, 0.4) is 0 Å². The van der Waals surface area contributed by atoms with Crippen LogP contribution in [0, 0.1) is 6.92 Å². The van der Waals surface area contributed by atoms with E-state index >= 15 is 0 Å². The molecule has 3 rings (SSSR count). The first-order valence-electron chi connectivity index (χ1n) is 5.52. The lowest BCUT2D eigenvalue weighted by Gasteiger charge is -2.10. The van der Waals surface area contributed by atoms with Crippen LogP contribution in [0.2, 0.25) is 0 Å². The summed E-state index contributed by atoms with van der Waals surface area (Å²) in [5.41, 5.74) is 2.01. The molecule has 5 heteroatoms. The molecule has 0 saturated carbocycles. The Morgan fingerprint density at radius 2 is 2.00 bits per heavy atom. The SMILES string of the molecule is Cc1c(Br)ccc2nc(N3CCCC3)nn12. The van der Waals surface area contributed by atoms with Gasteiger partial charge in [-0.2, -0.15) is 4.98 Å². The normalized spacial score (nSPS) is 16.2. The summed E-state index contributed by atoms with van der Waals surface area (Å²) in [6, 6.07) is 4.01. The van der Waals surface area contributed by atoms with Gasteiger partial charge in [0.1, 0.15) is 0 Å². The molecule has 0 unspecified atom stereocenters. The molecular formula is C11H13BrN4. The van der Waals surface area contributed by atoms with Crippen molar-refractivity contribution in [1.82, 2.24) is 14.6 Å². The number of pyridine rings is 1. The highest BCUT2D eigenvalue weighted by Gasteiger charge is 2.17. The molecule has 0 atom stereocenters. The van der Waals surface area contributed by atoms with Crippen LogP contribution in [-0.4, -0.2) is 27.7 Å². The maximum atomic E-state index is 4.56. The number of nitrogens with zero attached hydrogens (tertiary/aromatic N) is 4. The van der Waals surface area contributed by atoms with Gasteiger partial charge < -0.3 is 4.90 Å². The fraction of sp³-hybridized carbons (Fsp3) is 0.455. The maximum Gasteiger partial charge on any atom is 0.245 e. The Labute approximate surface area is 102 Å². The Bertz CT molecular complexity index is 528. The van der Waals surface area contributed by atoms with Crippen LogP contribution >= 0.6 is 15.9 Å². The topological polar surface area (TPSA) is 33.4 Å². The van der Waals surface area contributed by atoms with Gasteiger partial charge in [0.05, 0.1) is 5.69 Å². The molecule has 4 nitrogen and oxygen atoms in total. The van der Waals surface area contributed by atoms with Crippen LogP contribution in [0.15, 0.2) is 16.6 Å². The Hall–Kier alpha value is -1.10. The summed E-state index contributed by atoms with van der Waals surface area (Å²) in [6.45, 7) is 4.20. The molecule has 2 aromatic heterocycles. The summed E-state index contributed by atoms with van der Waals surface area (Å²) in [7, 11) is 0. The predicted molar refractivity (Wildman–Crippen MR) is 66.9 cm³/mol. The van der Waals surface area contributed by atoms with Crippen molar-refractivity contribution in [1.29, 1.82) is 0 Å². The number of aryl methyl sites for hydroxylation is 1. The van der Waals surface area contributed by atoms with E-state index in [1.54, 1.807) is 0 Å². The molecule has 0 spiro atoms. The molecule has 2 aromatic rings.